The number of carbonyl (C=O) groups is 2. The first-order chi connectivity index (χ1) is 9.08. The number of carbonyl (C=O) groups excluding carboxylic acids is 2. The molecular weight excluding hydrogens is 246 g/mol. The number of hydrogen-bond donors (Lipinski definition) is 1. The second kappa shape index (κ2) is 5.69. The van der Waals surface area contributed by atoms with Crippen molar-refractivity contribution in [2.45, 2.75) is 25.9 Å². The fourth-order valence-electron chi connectivity index (χ4n) is 2.09. The van der Waals surface area contributed by atoms with Crippen LogP contribution in [0.4, 0.5) is 0 Å². The van der Waals surface area contributed by atoms with Gasteiger partial charge in [-0.1, -0.05) is 0 Å². The smallest absolute Gasteiger partial charge is 0.311 e. The molecule has 0 saturated carbocycles. The number of nitrogens with zero attached hydrogens (tertiary/aromatic N) is 2. The van der Waals surface area contributed by atoms with Gasteiger partial charge in [-0.15, -0.1) is 0 Å². The minimum absolute atomic E-state index is 0.0415. The number of amides is 2. The second-order valence-corrected chi connectivity index (χ2v) is 4.61. The molecule has 1 aliphatic rings. The van der Waals surface area contributed by atoms with Gasteiger partial charge in [-0.3, -0.25) is 14.6 Å². The van der Waals surface area contributed by atoms with Crippen molar-refractivity contribution in [3.8, 4) is 5.75 Å². The van der Waals surface area contributed by atoms with Crippen molar-refractivity contribution >= 4 is 11.8 Å². The number of hydrogen-bond acceptors (Lipinski definition) is 4. The Balaban J connectivity index is 1.89. The molecule has 2 heterocycles. The fraction of sp³-hybridized carbons (Fsp3) is 0.462. The monoisotopic (exact) mass is 263 g/mol. The summed E-state index contributed by atoms with van der Waals surface area (Å²) in [5.41, 5.74) is 6.01. The number of primary amides is 1. The van der Waals surface area contributed by atoms with E-state index in [4.69, 9.17) is 10.5 Å². The summed E-state index contributed by atoms with van der Waals surface area (Å²) in [6.45, 7) is 2.94. The van der Waals surface area contributed by atoms with Crippen LogP contribution in [0.2, 0.25) is 0 Å². The van der Waals surface area contributed by atoms with Crippen molar-refractivity contribution < 1.29 is 14.3 Å². The van der Waals surface area contributed by atoms with Crippen molar-refractivity contribution in [1.29, 1.82) is 0 Å². The molecule has 0 aliphatic carbocycles. The van der Waals surface area contributed by atoms with E-state index in [1.54, 1.807) is 12.4 Å². The Kier molecular flexibility index (Phi) is 3.99. The Morgan fingerprint density at radius 2 is 2.11 bits per heavy atom. The Bertz CT molecular complexity index is 482. The molecule has 19 heavy (non-hydrogen) atoms. The van der Waals surface area contributed by atoms with E-state index < -0.39 is 11.8 Å². The minimum atomic E-state index is -0.900. The summed E-state index contributed by atoms with van der Waals surface area (Å²) < 4.78 is 5.86. The van der Waals surface area contributed by atoms with Gasteiger partial charge < -0.3 is 15.4 Å². The van der Waals surface area contributed by atoms with Crippen LogP contribution in [-0.4, -0.2) is 40.9 Å². The quantitative estimate of drug-likeness (QED) is 0.775. The fourth-order valence-corrected chi connectivity index (χ4v) is 2.09. The van der Waals surface area contributed by atoms with Crippen LogP contribution in [0.15, 0.2) is 18.5 Å². The first-order valence-electron chi connectivity index (χ1n) is 6.24. The zero-order valence-electron chi connectivity index (χ0n) is 10.8. The van der Waals surface area contributed by atoms with E-state index in [0.717, 1.165) is 11.3 Å². The highest BCUT2D eigenvalue weighted by atomic mass is 16.5. The molecule has 0 aromatic carbocycles. The van der Waals surface area contributed by atoms with E-state index in [1.165, 1.54) is 4.90 Å². The molecule has 6 heteroatoms. The Morgan fingerprint density at radius 3 is 2.68 bits per heavy atom. The third-order valence-electron chi connectivity index (χ3n) is 3.22. The summed E-state index contributed by atoms with van der Waals surface area (Å²) in [5, 5.41) is 0. The summed E-state index contributed by atoms with van der Waals surface area (Å²) in [4.78, 5) is 27.7. The van der Waals surface area contributed by atoms with E-state index in [1.807, 2.05) is 13.0 Å². The first-order valence-corrected chi connectivity index (χ1v) is 6.24. The van der Waals surface area contributed by atoms with Crippen LogP contribution in [0, 0.1) is 6.92 Å². The van der Waals surface area contributed by atoms with Crippen LogP contribution in [0.25, 0.3) is 0 Å². The Labute approximate surface area is 111 Å². The lowest BCUT2D eigenvalue weighted by Crippen LogP contribution is -2.46. The zero-order valence-corrected chi connectivity index (χ0v) is 10.8. The molecular formula is C13H17N3O3. The minimum Gasteiger partial charge on any atom is -0.488 e. The summed E-state index contributed by atoms with van der Waals surface area (Å²) in [6, 6.07) is 1.89. The van der Waals surface area contributed by atoms with Crippen molar-refractivity contribution in [3.05, 3.63) is 24.0 Å². The number of pyridine rings is 1. The zero-order chi connectivity index (χ0) is 13.8. The van der Waals surface area contributed by atoms with Gasteiger partial charge in [0.1, 0.15) is 11.9 Å². The summed E-state index contributed by atoms with van der Waals surface area (Å²) in [7, 11) is 0. The molecule has 2 amide bonds. The molecule has 0 spiro atoms. The maximum Gasteiger partial charge on any atom is 0.311 e. The molecule has 1 aromatic heterocycles. The van der Waals surface area contributed by atoms with Crippen LogP contribution in [0.1, 0.15) is 18.4 Å². The van der Waals surface area contributed by atoms with Gasteiger partial charge in [0.2, 0.25) is 0 Å². The largest absolute Gasteiger partial charge is 0.488 e. The molecule has 2 rings (SSSR count). The third kappa shape index (κ3) is 3.21. The molecule has 1 aliphatic heterocycles. The van der Waals surface area contributed by atoms with Crippen LogP contribution in [-0.2, 0) is 9.59 Å². The van der Waals surface area contributed by atoms with E-state index >= 15 is 0 Å². The number of ether oxygens (including phenoxy) is 1. The number of rotatable bonds is 2. The average molecular weight is 263 g/mol. The van der Waals surface area contributed by atoms with E-state index in [0.29, 0.717) is 25.9 Å². The Hall–Kier alpha value is -2.11. The average Bonchev–Trinajstić information content (AvgIpc) is 2.41. The van der Waals surface area contributed by atoms with Gasteiger partial charge in [0.05, 0.1) is 6.20 Å². The number of nitrogens with two attached hydrogens (primary N) is 1. The molecule has 1 saturated heterocycles. The maximum atomic E-state index is 11.4. The normalized spacial score (nSPS) is 16.2. The van der Waals surface area contributed by atoms with Crippen molar-refractivity contribution in [1.82, 2.24) is 9.88 Å². The Morgan fingerprint density at radius 1 is 1.42 bits per heavy atom. The lowest BCUT2D eigenvalue weighted by molar-refractivity contribution is -0.145. The third-order valence-corrected chi connectivity index (χ3v) is 3.22. The van der Waals surface area contributed by atoms with Crippen molar-refractivity contribution in [2.24, 2.45) is 5.73 Å². The number of likely N-dealkylation sites (tertiary alicyclic amines) is 1. The van der Waals surface area contributed by atoms with Gasteiger partial charge in [0.25, 0.3) is 0 Å². The van der Waals surface area contributed by atoms with Gasteiger partial charge in [-0.2, -0.15) is 0 Å². The topological polar surface area (TPSA) is 85.5 Å². The molecule has 0 unspecified atom stereocenters. The van der Waals surface area contributed by atoms with Gasteiger partial charge in [-0.05, 0) is 18.6 Å². The summed E-state index contributed by atoms with van der Waals surface area (Å²) in [6.07, 6.45) is 4.83. The van der Waals surface area contributed by atoms with E-state index in [-0.39, 0.29) is 6.10 Å². The predicted molar refractivity (Wildman–Crippen MR) is 68.4 cm³/mol. The van der Waals surface area contributed by atoms with Crippen LogP contribution in [0.3, 0.4) is 0 Å². The second-order valence-electron chi connectivity index (χ2n) is 4.61. The summed E-state index contributed by atoms with van der Waals surface area (Å²) >= 11 is 0. The highest BCUT2D eigenvalue weighted by molar-refractivity contribution is 6.34. The van der Waals surface area contributed by atoms with Gasteiger partial charge in [0, 0.05) is 32.1 Å². The SMILES string of the molecule is Cc1ccncc1OC1CCN(C(=O)C(N)=O)CC1. The van der Waals surface area contributed by atoms with Crippen molar-refractivity contribution in [3.63, 3.8) is 0 Å². The van der Waals surface area contributed by atoms with E-state index in [2.05, 4.69) is 4.98 Å². The van der Waals surface area contributed by atoms with Crippen LogP contribution < -0.4 is 10.5 Å². The van der Waals surface area contributed by atoms with E-state index in [9.17, 15) is 9.59 Å². The predicted octanol–water partition coefficient (Wildman–Crippen LogP) is 0.245. The molecule has 1 fully saturated rings. The number of aryl methyl sites for hydroxylation is 1. The summed E-state index contributed by atoms with van der Waals surface area (Å²) in [5.74, 6) is -0.749. The number of aromatic nitrogens is 1. The number of piperidine rings is 1. The molecule has 2 N–H and O–H groups in total. The van der Waals surface area contributed by atoms with Gasteiger partial charge >= 0.3 is 11.8 Å². The molecule has 102 valence electrons. The molecule has 6 nitrogen and oxygen atoms in total. The maximum absolute atomic E-state index is 11.4. The van der Waals surface area contributed by atoms with Gasteiger partial charge in [-0.25, -0.2) is 0 Å². The molecule has 0 atom stereocenters. The molecule has 0 bridgehead atoms. The van der Waals surface area contributed by atoms with Gasteiger partial charge in [0.15, 0.2) is 0 Å². The highest BCUT2D eigenvalue weighted by Crippen LogP contribution is 2.21. The standard InChI is InChI=1S/C13H17N3O3/c1-9-2-5-15-8-11(9)19-10-3-6-16(7-4-10)13(18)12(14)17/h2,5,8,10H,3-4,6-7H2,1H3,(H2,14,17). The lowest BCUT2D eigenvalue weighted by atomic mass is 10.1. The lowest BCUT2D eigenvalue weighted by Gasteiger charge is -2.31. The molecule has 0 radical (unpaired) electrons. The molecule has 1 aromatic rings. The van der Waals surface area contributed by atoms with Crippen LogP contribution >= 0.6 is 0 Å². The first kappa shape index (κ1) is 13.3. The van der Waals surface area contributed by atoms with Crippen LogP contribution in [0.5, 0.6) is 5.75 Å². The highest BCUT2D eigenvalue weighted by Gasteiger charge is 2.26. The van der Waals surface area contributed by atoms with Crippen molar-refractivity contribution in [2.75, 3.05) is 13.1 Å².